The highest BCUT2D eigenvalue weighted by atomic mass is 16.6. The van der Waals surface area contributed by atoms with Crippen LogP contribution in [0.4, 0.5) is 16.6 Å². The van der Waals surface area contributed by atoms with Gasteiger partial charge in [0.15, 0.2) is 0 Å². The Bertz CT molecular complexity index is 787. The SMILES string of the molecule is C[C@@H]1CN(c2nc(N)c3ccccc3n2)CCN1C(=O)OC(C)(C)C. The van der Waals surface area contributed by atoms with Crippen molar-refractivity contribution in [2.45, 2.75) is 39.3 Å². The van der Waals surface area contributed by atoms with Crippen LogP contribution in [0.5, 0.6) is 0 Å². The van der Waals surface area contributed by atoms with Gasteiger partial charge < -0.3 is 20.3 Å². The van der Waals surface area contributed by atoms with E-state index < -0.39 is 5.60 Å². The van der Waals surface area contributed by atoms with Crippen LogP contribution in [0.1, 0.15) is 27.7 Å². The third kappa shape index (κ3) is 3.75. The van der Waals surface area contributed by atoms with Crippen molar-refractivity contribution >= 4 is 28.8 Å². The van der Waals surface area contributed by atoms with Crippen LogP contribution in [0.25, 0.3) is 10.9 Å². The van der Waals surface area contributed by atoms with Crippen LogP contribution in [0.3, 0.4) is 0 Å². The van der Waals surface area contributed by atoms with Gasteiger partial charge in [0.05, 0.1) is 5.52 Å². The molecule has 0 radical (unpaired) electrons. The first-order valence-corrected chi connectivity index (χ1v) is 8.51. The van der Waals surface area contributed by atoms with E-state index >= 15 is 0 Å². The third-order valence-electron chi connectivity index (χ3n) is 4.16. The molecular formula is C18H25N5O2. The number of hydrogen-bond acceptors (Lipinski definition) is 6. The van der Waals surface area contributed by atoms with Crippen molar-refractivity contribution in [1.29, 1.82) is 0 Å². The quantitative estimate of drug-likeness (QED) is 0.857. The van der Waals surface area contributed by atoms with Crippen molar-refractivity contribution in [1.82, 2.24) is 14.9 Å². The van der Waals surface area contributed by atoms with Crippen molar-refractivity contribution in [2.75, 3.05) is 30.3 Å². The average Bonchev–Trinajstić information content (AvgIpc) is 2.53. The summed E-state index contributed by atoms with van der Waals surface area (Å²) in [6, 6.07) is 7.69. The van der Waals surface area contributed by atoms with E-state index in [-0.39, 0.29) is 12.1 Å². The molecule has 2 aromatic rings. The highest BCUT2D eigenvalue weighted by Crippen LogP contribution is 2.23. The molecule has 0 bridgehead atoms. The minimum Gasteiger partial charge on any atom is -0.444 e. The van der Waals surface area contributed by atoms with Crippen LogP contribution in [0.2, 0.25) is 0 Å². The van der Waals surface area contributed by atoms with Gasteiger partial charge in [0.2, 0.25) is 5.95 Å². The molecule has 0 spiro atoms. The number of hydrogen-bond donors (Lipinski definition) is 1. The van der Waals surface area contributed by atoms with Gasteiger partial charge in [-0.25, -0.2) is 9.78 Å². The summed E-state index contributed by atoms with van der Waals surface area (Å²) in [5.41, 5.74) is 6.41. The minimum absolute atomic E-state index is 0.0000974. The molecule has 1 fully saturated rings. The van der Waals surface area contributed by atoms with Crippen LogP contribution >= 0.6 is 0 Å². The summed E-state index contributed by atoms with van der Waals surface area (Å²) >= 11 is 0. The number of nitrogens with two attached hydrogens (primary N) is 1. The highest BCUT2D eigenvalue weighted by molar-refractivity contribution is 5.88. The number of nitrogen functional groups attached to an aromatic ring is 1. The zero-order valence-electron chi connectivity index (χ0n) is 15.2. The number of carbonyl (C=O) groups is 1. The van der Waals surface area contributed by atoms with Gasteiger partial charge in [-0.3, -0.25) is 0 Å². The van der Waals surface area contributed by atoms with Crippen molar-refractivity contribution in [3.05, 3.63) is 24.3 Å². The Hall–Kier alpha value is -2.57. The number of anilines is 2. The Labute approximate surface area is 147 Å². The topological polar surface area (TPSA) is 84.6 Å². The molecule has 1 saturated heterocycles. The molecule has 1 aliphatic rings. The molecule has 1 amide bonds. The lowest BCUT2D eigenvalue weighted by atomic mass is 10.2. The molecule has 1 aliphatic heterocycles. The molecule has 7 heteroatoms. The summed E-state index contributed by atoms with van der Waals surface area (Å²) in [4.78, 5) is 25.2. The fourth-order valence-corrected chi connectivity index (χ4v) is 2.96. The number of fused-ring (bicyclic) bond motifs is 1. The van der Waals surface area contributed by atoms with E-state index in [1.807, 2.05) is 52.0 Å². The third-order valence-corrected chi connectivity index (χ3v) is 4.16. The standard InChI is InChI=1S/C18H25N5O2/c1-12-11-22(9-10-23(12)17(24)25-18(2,3)4)16-20-14-8-6-5-7-13(14)15(19)21-16/h5-8,12H,9-11H2,1-4H3,(H2,19,20,21)/t12-/m1/s1. The minimum atomic E-state index is -0.496. The van der Waals surface area contributed by atoms with E-state index in [0.29, 0.717) is 31.4 Å². The second-order valence-corrected chi connectivity index (χ2v) is 7.39. The van der Waals surface area contributed by atoms with Gasteiger partial charge in [0.25, 0.3) is 0 Å². The van der Waals surface area contributed by atoms with E-state index in [2.05, 4.69) is 14.9 Å². The first-order chi connectivity index (χ1) is 11.7. The Morgan fingerprint density at radius 1 is 1.24 bits per heavy atom. The summed E-state index contributed by atoms with van der Waals surface area (Å²) in [6.45, 7) is 9.46. The smallest absolute Gasteiger partial charge is 0.410 e. The molecule has 1 aromatic heterocycles. The molecule has 1 aromatic carbocycles. The molecular weight excluding hydrogens is 318 g/mol. The van der Waals surface area contributed by atoms with Gasteiger partial charge in [-0.05, 0) is 39.8 Å². The predicted octanol–water partition coefficient (Wildman–Crippen LogP) is 2.66. The fraction of sp³-hybridized carbons (Fsp3) is 0.500. The highest BCUT2D eigenvalue weighted by Gasteiger charge is 2.31. The summed E-state index contributed by atoms with van der Waals surface area (Å²) in [7, 11) is 0. The summed E-state index contributed by atoms with van der Waals surface area (Å²) in [5.74, 6) is 1.08. The lowest BCUT2D eigenvalue weighted by Gasteiger charge is -2.40. The maximum Gasteiger partial charge on any atom is 0.410 e. The van der Waals surface area contributed by atoms with Crippen LogP contribution < -0.4 is 10.6 Å². The van der Waals surface area contributed by atoms with Crippen LogP contribution in [0, 0.1) is 0 Å². The molecule has 0 aliphatic carbocycles. The van der Waals surface area contributed by atoms with Crippen LogP contribution in [0.15, 0.2) is 24.3 Å². The predicted molar refractivity (Wildman–Crippen MR) is 98.6 cm³/mol. The molecule has 134 valence electrons. The van der Waals surface area contributed by atoms with E-state index in [1.165, 1.54) is 0 Å². The Balaban J connectivity index is 1.76. The molecule has 7 nitrogen and oxygen atoms in total. The van der Waals surface area contributed by atoms with Gasteiger partial charge in [0.1, 0.15) is 11.4 Å². The zero-order valence-corrected chi connectivity index (χ0v) is 15.2. The molecule has 3 rings (SSSR count). The Kier molecular flexibility index (Phi) is 4.41. The summed E-state index contributed by atoms with van der Waals surface area (Å²) in [6.07, 6.45) is -0.279. The van der Waals surface area contributed by atoms with Crippen molar-refractivity contribution in [3.63, 3.8) is 0 Å². The maximum absolute atomic E-state index is 12.3. The molecule has 0 saturated carbocycles. The van der Waals surface area contributed by atoms with Gasteiger partial charge >= 0.3 is 6.09 Å². The molecule has 2 N–H and O–H groups in total. The van der Waals surface area contributed by atoms with Gasteiger partial charge in [-0.2, -0.15) is 4.98 Å². The zero-order chi connectivity index (χ0) is 18.2. The van der Waals surface area contributed by atoms with E-state index in [0.717, 1.165) is 10.9 Å². The number of nitrogens with zero attached hydrogens (tertiary/aromatic N) is 4. The fourth-order valence-electron chi connectivity index (χ4n) is 2.96. The van der Waals surface area contributed by atoms with Crippen LogP contribution in [-0.4, -0.2) is 52.2 Å². The monoisotopic (exact) mass is 343 g/mol. The Morgan fingerprint density at radius 2 is 1.96 bits per heavy atom. The first kappa shape index (κ1) is 17.3. The van der Waals surface area contributed by atoms with Gasteiger partial charge in [-0.1, -0.05) is 12.1 Å². The average molecular weight is 343 g/mol. The van der Waals surface area contributed by atoms with Gasteiger partial charge in [0, 0.05) is 31.1 Å². The lowest BCUT2D eigenvalue weighted by Crippen LogP contribution is -2.55. The molecule has 1 atom stereocenters. The Morgan fingerprint density at radius 3 is 2.64 bits per heavy atom. The van der Waals surface area contributed by atoms with Crippen molar-refractivity contribution in [3.8, 4) is 0 Å². The van der Waals surface area contributed by atoms with Crippen molar-refractivity contribution < 1.29 is 9.53 Å². The van der Waals surface area contributed by atoms with Crippen molar-refractivity contribution in [2.24, 2.45) is 0 Å². The van der Waals surface area contributed by atoms with E-state index in [1.54, 1.807) is 4.90 Å². The maximum atomic E-state index is 12.3. The number of amides is 1. The first-order valence-electron chi connectivity index (χ1n) is 8.51. The number of benzene rings is 1. The second kappa shape index (κ2) is 6.38. The second-order valence-electron chi connectivity index (χ2n) is 7.39. The normalized spacial score (nSPS) is 18.5. The lowest BCUT2D eigenvalue weighted by molar-refractivity contribution is 0.0158. The molecule has 25 heavy (non-hydrogen) atoms. The van der Waals surface area contributed by atoms with Crippen LogP contribution in [-0.2, 0) is 4.74 Å². The van der Waals surface area contributed by atoms with E-state index in [9.17, 15) is 4.79 Å². The number of piperazine rings is 1. The van der Waals surface area contributed by atoms with E-state index in [4.69, 9.17) is 10.5 Å². The van der Waals surface area contributed by atoms with Gasteiger partial charge in [-0.15, -0.1) is 0 Å². The molecule has 2 heterocycles. The number of para-hydroxylation sites is 1. The number of aromatic nitrogens is 2. The number of rotatable bonds is 1. The largest absolute Gasteiger partial charge is 0.444 e. The summed E-state index contributed by atoms with van der Waals surface area (Å²) < 4.78 is 5.48. The number of carbonyl (C=O) groups excluding carboxylic acids is 1. The molecule has 0 unspecified atom stereocenters. The summed E-state index contributed by atoms with van der Waals surface area (Å²) in [5, 5.41) is 0.853. The number of ether oxygens (including phenoxy) is 1.